The molecule has 0 radical (unpaired) electrons. The SMILES string of the molecule is CS(=O)(=O)c1nn(-c2ccccc2)c(CC(=O)NS(=O)(=O)c2ccc(Cl)cc2)c1I. The fourth-order valence-corrected chi connectivity index (χ4v) is 6.10. The summed E-state index contributed by atoms with van der Waals surface area (Å²) in [6, 6.07) is 14.0. The van der Waals surface area contributed by atoms with Gasteiger partial charge in [-0.15, -0.1) is 0 Å². The van der Waals surface area contributed by atoms with Crippen LogP contribution in [0.5, 0.6) is 0 Å². The summed E-state index contributed by atoms with van der Waals surface area (Å²) < 4.78 is 52.7. The molecule has 2 aromatic carbocycles. The number of nitrogens with one attached hydrogen (secondary N) is 1. The van der Waals surface area contributed by atoms with Crippen molar-refractivity contribution in [3.05, 3.63) is 68.9 Å². The van der Waals surface area contributed by atoms with Gasteiger partial charge in [-0.3, -0.25) is 4.79 Å². The number of benzene rings is 2. The van der Waals surface area contributed by atoms with Gasteiger partial charge < -0.3 is 0 Å². The lowest BCUT2D eigenvalue weighted by molar-refractivity contribution is -0.118. The lowest BCUT2D eigenvalue weighted by Crippen LogP contribution is -2.32. The predicted molar refractivity (Wildman–Crippen MR) is 120 cm³/mol. The van der Waals surface area contributed by atoms with Crippen molar-refractivity contribution < 1.29 is 21.6 Å². The molecule has 0 unspecified atom stereocenters. The third-order valence-electron chi connectivity index (χ3n) is 3.94. The largest absolute Gasteiger partial charge is 0.274 e. The van der Waals surface area contributed by atoms with Gasteiger partial charge in [0.05, 0.1) is 26.3 Å². The third-order valence-corrected chi connectivity index (χ3v) is 8.07. The van der Waals surface area contributed by atoms with E-state index in [1.54, 1.807) is 52.9 Å². The number of rotatable bonds is 6. The summed E-state index contributed by atoms with van der Waals surface area (Å²) in [5, 5.41) is 4.32. The molecule has 3 rings (SSSR count). The number of halogens is 2. The Morgan fingerprint density at radius 1 is 1.07 bits per heavy atom. The Balaban J connectivity index is 1.96. The smallest absolute Gasteiger partial charge is 0.264 e. The zero-order valence-corrected chi connectivity index (χ0v) is 20.0. The van der Waals surface area contributed by atoms with Crippen molar-refractivity contribution in [2.75, 3.05) is 6.26 Å². The number of carbonyl (C=O) groups excluding carboxylic acids is 1. The number of sulfone groups is 1. The van der Waals surface area contributed by atoms with Gasteiger partial charge in [-0.05, 0) is 59.0 Å². The highest BCUT2D eigenvalue weighted by Gasteiger charge is 2.26. The van der Waals surface area contributed by atoms with E-state index in [1.807, 2.05) is 4.72 Å². The molecule has 8 nitrogen and oxygen atoms in total. The minimum absolute atomic E-state index is 0.122. The molecule has 1 N–H and O–H groups in total. The summed E-state index contributed by atoms with van der Waals surface area (Å²) in [6.07, 6.45) is 0.615. The van der Waals surface area contributed by atoms with Crippen LogP contribution in [0.15, 0.2) is 64.5 Å². The van der Waals surface area contributed by atoms with Crippen LogP contribution in [-0.4, -0.2) is 38.8 Å². The maximum atomic E-state index is 12.6. The molecule has 0 aliphatic rings. The van der Waals surface area contributed by atoms with Crippen LogP contribution in [-0.2, 0) is 31.1 Å². The maximum absolute atomic E-state index is 12.6. The molecule has 0 aliphatic carbocycles. The molecular weight excluding hydrogens is 565 g/mol. The van der Waals surface area contributed by atoms with Crippen LogP contribution >= 0.6 is 34.2 Å². The molecule has 0 bridgehead atoms. The normalized spacial score (nSPS) is 12.0. The van der Waals surface area contributed by atoms with Gasteiger partial charge in [0.15, 0.2) is 14.9 Å². The summed E-state index contributed by atoms with van der Waals surface area (Å²) in [7, 11) is -7.78. The molecule has 0 atom stereocenters. The molecule has 1 amide bonds. The van der Waals surface area contributed by atoms with E-state index in [2.05, 4.69) is 5.10 Å². The molecule has 0 spiro atoms. The van der Waals surface area contributed by atoms with Gasteiger partial charge in [-0.2, -0.15) is 5.10 Å². The van der Waals surface area contributed by atoms with Crippen molar-refractivity contribution in [1.29, 1.82) is 0 Å². The molecule has 0 saturated heterocycles. The van der Waals surface area contributed by atoms with Crippen molar-refractivity contribution in [2.45, 2.75) is 16.3 Å². The molecule has 0 aliphatic heterocycles. The average molecular weight is 580 g/mol. The van der Waals surface area contributed by atoms with Crippen LogP contribution in [0.4, 0.5) is 0 Å². The Bertz CT molecular complexity index is 1310. The lowest BCUT2D eigenvalue weighted by Gasteiger charge is -2.09. The van der Waals surface area contributed by atoms with E-state index < -0.39 is 32.2 Å². The Kier molecular flexibility index (Phi) is 6.55. The molecule has 1 aromatic heterocycles. The van der Waals surface area contributed by atoms with E-state index in [9.17, 15) is 21.6 Å². The summed E-state index contributed by atoms with van der Waals surface area (Å²) in [5.74, 6) is -0.833. The van der Waals surface area contributed by atoms with Crippen LogP contribution in [0.1, 0.15) is 5.69 Å². The third kappa shape index (κ3) is 5.02. The van der Waals surface area contributed by atoms with Crippen molar-refractivity contribution in [3.8, 4) is 5.69 Å². The second-order valence-electron chi connectivity index (χ2n) is 6.24. The highest BCUT2D eigenvalue weighted by molar-refractivity contribution is 14.1. The number of hydrogen-bond donors (Lipinski definition) is 1. The fraction of sp³-hybridized carbons (Fsp3) is 0.111. The number of carbonyl (C=O) groups is 1. The number of hydrogen-bond acceptors (Lipinski definition) is 6. The molecule has 158 valence electrons. The second-order valence-corrected chi connectivity index (χ2v) is 11.4. The van der Waals surface area contributed by atoms with E-state index in [-0.39, 0.29) is 19.2 Å². The molecule has 1 heterocycles. The predicted octanol–water partition coefficient (Wildman–Crippen LogP) is 2.58. The Morgan fingerprint density at radius 2 is 1.67 bits per heavy atom. The van der Waals surface area contributed by atoms with Crippen molar-refractivity contribution in [2.24, 2.45) is 0 Å². The first-order valence-corrected chi connectivity index (χ1v) is 13.2. The summed E-state index contributed by atoms with van der Waals surface area (Å²) in [5.41, 5.74) is 0.791. The van der Waals surface area contributed by atoms with Gasteiger partial charge in [0.1, 0.15) is 0 Å². The van der Waals surface area contributed by atoms with Crippen molar-refractivity contribution in [3.63, 3.8) is 0 Å². The molecule has 0 saturated carbocycles. The van der Waals surface area contributed by atoms with Crippen LogP contribution in [0, 0.1) is 3.57 Å². The van der Waals surface area contributed by atoms with E-state index in [1.165, 1.54) is 28.9 Å². The minimum atomic E-state index is -4.12. The highest BCUT2D eigenvalue weighted by atomic mass is 127. The Hall–Kier alpha value is -1.96. The first-order chi connectivity index (χ1) is 14.0. The summed E-state index contributed by atoms with van der Waals surface area (Å²) in [6.45, 7) is 0. The summed E-state index contributed by atoms with van der Waals surface area (Å²) >= 11 is 7.56. The lowest BCUT2D eigenvalue weighted by atomic mass is 10.2. The first-order valence-electron chi connectivity index (χ1n) is 8.33. The number of amides is 1. The van der Waals surface area contributed by atoms with Crippen LogP contribution < -0.4 is 4.72 Å². The van der Waals surface area contributed by atoms with Crippen LogP contribution in [0.2, 0.25) is 5.02 Å². The molecule has 30 heavy (non-hydrogen) atoms. The van der Waals surface area contributed by atoms with E-state index >= 15 is 0 Å². The van der Waals surface area contributed by atoms with Crippen LogP contribution in [0.25, 0.3) is 5.69 Å². The second kappa shape index (κ2) is 8.65. The van der Waals surface area contributed by atoms with Gasteiger partial charge in [0, 0.05) is 11.3 Å². The summed E-state index contributed by atoms with van der Waals surface area (Å²) in [4.78, 5) is 12.4. The minimum Gasteiger partial charge on any atom is -0.274 e. The van der Waals surface area contributed by atoms with Gasteiger partial charge in [0.25, 0.3) is 10.0 Å². The van der Waals surface area contributed by atoms with Crippen molar-refractivity contribution >= 4 is 60.0 Å². The Morgan fingerprint density at radius 3 is 2.23 bits per heavy atom. The Labute approximate surface area is 192 Å². The van der Waals surface area contributed by atoms with Gasteiger partial charge in [0.2, 0.25) is 5.91 Å². The molecular formula is C18H15ClIN3O5S2. The zero-order chi connectivity index (χ0) is 22.1. The van der Waals surface area contributed by atoms with Crippen molar-refractivity contribution in [1.82, 2.24) is 14.5 Å². The van der Waals surface area contributed by atoms with E-state index in [0.717, 1.165) is 6.26 Å². The molecule has 0 fully saturated rings. The van der Waals surface area contributed by atoms with Gasteiger partial charge in [-0.25, -0.2) is 26.2 Å². The van der Waals surface area contributed by atoms with E-state index in [0.29, 0.717) is 10.7 Å². The zero-order valence-electron chi connectivity index (χ0n) is 15.4. The number of nitrogens with zero attached hydrogens (tertiary/aromatic N) is 2. The monoisotopic (exact) mass is 579 g/mol. The molecule has 12 heteroatoms. The van der Waals surface area contributed by atoms with Gasteiger partial charge in [-0.1, -0.05) is 29.8 Å². The van der Waals surface area contributed by atoms with E-state index in [4.69, 9.17) is 11.6 Å². The average Bonchev–Trinajstić information content (AvgIpc) is 2.99. The number of aromatic nitrogens is 2. The quantitative estimate of drug-likeness (QED) is 0.449. The number of para-hydroxylation sites is 1. The maximum Gasteiger partial charge on any atom is 0.264 e. The fourth-order valence-electron chi connectivity index (χ4n) is 2.59. The van der Waals surface area contributed by atoms with Gasteiger partial charge >= 0.3 is 0 Å². The number of sulfonamides is 1. The molecule has 3 aromatic rings. The highest BCUT2D eigenvalue weighted by Crippen LogP contribution is 2.25. The first kappa shape index (κ1) is 22.7. The standard InChI is InChI=1S/C18H15ClIN3O5S2/c1-29(25,26)18-17(20)15(23(21-18)13-5-3-2-4-6-13)11-16(24)22-30(27,28)14-9-7-12(19)8-10-14/h2-10H,11H2,1H3,(H,22,24). The topological polar surface area (TPSA) is 115 Å². The van der Waals surface area contributed by atoms with Crippen LogP contribution in [0.3, 0.4) is 0 Å².